The van der Waals surface area contributed by atoms with Crippen LogP contribution in [0.2, 0.25) is 0 Å². The number of nitrogens with one attached hydrogen (secondary N) is 3. The minimum atomic E-state index is -0.306. The predicted molar refractivity (Wildman–Crippen MR) is 87.8 cm³/mol. The minimum absolute atomic E-state index is 0.0447. The summed E-state index contributed by atoms with van der Waals surface area (Å²) in [5, 5.41) is 17.2. The average Bonchev–Trinajstić information content (AvgIpc) is 2.48. The molecule has 1 atom stereocenters. The minimum Gasteiger partial charge on any atom is -0.396 e. The summed E-state index contributed by atoms with van der Waals surface area (Å²) in [6.07, 6.45) is 1.29. The highest BCUT2D eigenvalue weighted by Crippen LogP contribution is 2.14. The van der Waals surface area contributed by atoms with Crippen LogP contribution in [0.5, 0.6) is 0 Å². The Labute approximate surface area is 131 Å². The summed E-state index contributed by atoms with van der Waals surface area (Å²) in [6, 6.07) is 6.57. The van der Waals surface area contributed by atoms with Crippen molar-refractivity contribution in [2.24, 2.45) is 5.92 Å². The number of aliphatic hydroxyl groups is 1. The van der Waals surface area contributed by atoms with Gasteiger partial charge in [0.1, 0.15) is 0 Å². The lowest BCUT2D eigenvalue weighted by Gasteiger charge is -2.16. The molecule has 0 aliphatic rings. The molecule has 0 unspecified atom stereocenters. The molecule has 0 saturated carbocycles. The molecule has 0 spiro atoms. The average molecular weight is 307 g/mol. The van der Waals surface area contributed by atoms with Gasteiger partial charge in [-0.1, -0.05) is 20.8 Å². The molecule has 0 aliphatic heterocycles. The largest absolute Gasteiger partial charge is 0.396 e. The van der Waals surface area contributed by atoms with Gasteiger partial charge in [-0.25, -0.2) is 4.79 Å². The van der Waals surface area contributed by atoms with Crippen LogP contribution < -0.4 is 16.0 Å². The molecule has 0 aromatic heterocycles. The molecular weight excluding hydrogens is 282 g/mol. The van der Waals surface area contributed by atoms with Crippen molar-refractivity contribution in [3.05, 3.63) is 24.3 Å². The van der Waals surface area contributed by atoms with Gasteiger partial charge in [0.15, 0.2) is 0 Å². The maximum Gasteiger partial charge on any atom is 0.319 e. The summed E-state index contributed by atoms with van der Waals surface area (Å²) in [5.74, 6) is -0.130. The summed E-state index contributed by atoms with van der Waals surface area (Å²) in [5.41, 5.74) is 1.33. The maximum atomic E-state index is 11.8. The van der Waals surface area contributed by atoms with Gasteiger partial charge in [-0.3, -0.25) is 4.79 Å². The van der Waals surface area contributed by atoms with Crippen LogP contribution in [0.15, 0.2) is 24.3 Å². The summed E-state index contributed by atoms with van der Waals surface area (Å²) >= 11 is 0. The third-order valence-electron chi connectivity index (χ3n) is 3.24. The topological polar surface area (TPSA) is 90.5 Å². The van der Waals surface area contributed by atoms with Crippen molar-refractivity contribution < 1.29 is 14.7 Å². The fourth-order valence-electron chi connectivity index (χ4n) is 1.81. The zero-order valence-electron chi connectivity index (χ0n) is 13.3. The Morgan fingerprint density at radius 2 is 1.64 bits per heavy atom. The number of rotatable bonds is 7. The van der Waals surface area contributed by atoms with Gasteiger partial charge in [0.05, 0.1) is 0 Å². The number of hydrogen-bond acceptors (Lipinski definition) is 3. The van der Waals surface area contributed by atoms with Gasteiger partial charge in [-0.05, 0) is 37.1 Å². The van der Waals surface area contributed by atoms with Gasteiger partial charge >= 0.3 is 6.03 Å². The zero-order chi connectivity index (χ0) is 16.5. The fourth-order valence-corrected chi connectivity index (χ4v) is 1.81. The number of hydrogen-bond donors (Lipinski definition) is 4. The first-order valence-corrected chi connectivity index (χ1v) is 7.55. The molecule has 6 heteroatoms. The van der Waals surface area contributed by atoms with Crippen molar-refractivity contribution in [3.63, 3.8) is 0 Å². The number of aliphatic hydroxyl groups excluding tert-OH is 1. The quantitative estimate of drug-likeness (QED) is 0.624. The Bertz CT molecular complexity index is 486. The maximum absolute atomic E-state index is 11.8. The van der Waals surface area contributed by atoms with Gasteiger partial charge in [-0.2, -0.15) is 0 Å². The molecule has 0 bridgehead atoms. The highest BCUT2D eigenvalue weighted by Gasteiger charge is 2.10. The molecular formula is C16H25N3O3. The number of carbonyl (C=O) groups excluding carboxylic acids is 2. The van der Waals surface area contributed by atoms with E-state index in [1.165, 1.54) is 0 Å². The van der Waals surface area contributed by atoms with Gasteiger partial charge in [-0.15, -0.1) is 0 Å². The first-order chi connectivity index (χ1) is 10.5. The molecule has 0 fully saturated rings. The number of carbonyl (C=O) groups is 2. The van der Waals surface area contributed by atoms with Gasteiger partial charge in [0, 0.05) is 29.9 Å². The molecule has 0 heterocycles. The number of urea groups is 1. The molecule has 0 saturated heterocycles. The van der Waals surface area contributed by atoms with Crippen molar-refractivity contribution in [1.29, 1.82) is 0 Å². The van der Waals surface area contributed by atoms with E-state index in [1.54, 1.807) is 24.3 Å². The van der Waals surface area contributed by atoms with Crippen molar-refractivity contribution in [2.75, 3.05) is 17.2 Å². The Morgan fingerprint density at radius 1 is 1.09 bits per heavy atom. The molecule has 1 aromatic rings. The van der Waals surface area contributed by atoms with E-state index in [4.69, 9.17) is 5.11 Å². The Morgan fingerprint density at radius 3 is 2.09 bits per heavy atom. The third-order valence-corrected chi connectivity index (χ3v) is 3.24. The van der Waals surface area contributed by atoms with Crippen LogP contribution in [0.25, 0.3) is 0 Å². The third kappa shape index (κ3) is 6.13. The molecule has 122 valence electrons. The lowest BCUT2D eigenvalue weighted by molar-refractivity contribution is -0.118. The fraction of sp³-hybridized carbons (Fsp3) is 0.500. The SMILES string of the molecule is CC[C@@H](CCO)NC(=O)Nc1ccc(NC(=O)C(C)C)cc1. The normalized spacial score (nSPS) is 11.9. The Hall–Kier alpha value is -2.08. The van der Waals surface area contributed by atoms with Crippen molar-refractivity contribution in [1.82, 2.24) is 5.32 Å². The van der Waals surface area contributed by atoms with Crippen LogP contribution in [-0.4, -0.2) is 29.7 Å². The molecule has 4 N–H and O–H groups in total. The first-order valence-electron chi connectivity index (χ1n) is 7.55. The van der Waals surface area contributed by atoms with Crippen LogP contribution in [0.1, 0.15) is 33.6 Å². The summed E-state index contributed by atoms with van der Waals surface area (Å²) < 4.78 is 0. The Kier molecular flexibility index (Phi) is 7.39. The van der Waals surface area contributed by atoms with E-state index in [1.807, 2.05) is 20.8 Å². The number of anilines is 2. The van der Waals surface area contributed by atoms with E-state index < -0.39 is 0 Å². The van der Waals surface area contributed by atoms with E-state index in [0.29, 0.717) is 17.8 Å². The van der Waals surface area contributed by atoms with Crippen molar-refractivity contribution >= 4 is 23.3 Å². The predicted octanol–water partition coefficient (Wildman–Crippen LogP) is 2.56. The van der Waals surface area contributed by atoms with E-state index in [2.05, 4.69) is 16.0 Å². The van der Waals surface area contributed by atoms with Crippen molar-refractivity contribution in [3.8, 4) is 0 Å². The zero-order valence-corrected chi connectivity index (χ0v) is 13.3. The second-order valence-corrected chi connectivity index (χ2v) is 5.44. The van der Waals surface area contributed by atoms with Crippen molar-refractivity contribution in [2.45, 2.75) is 39.7 Å². The standard InChI is InChI=1S/C16H25N3O3/c1-4-12(9-10-20)18-16(22)19-14-7-5-13(6-8-14)17-15(21)11(2)3/h5-8,11-12,20H,4,9-10H2,1-3H3,(H,17,21)(H2,18,19,22)/t12-/m0/s1. The van der Waals surface area contributed by atoms with Crippen LogP contribution in [0.4, 0.5) is 16.2 Å². The Balaban J connectivity index is 2.53. The number of benzene rings is 1. The second kappa shape index (κ2) is 9.04. The summed E-state index contributed by atoms with van der Waals surface area (Å²) in [4.78, 5) is 23.4. The van der Waals surface area contributed by atoms with Gasteiger partial charge < -0.3 is 21.1 Å². The van der Waals surface area contributed by atoms with E-state index >= 15 is 0 Å². The van der Waals surface area contributed by atoms with Gasteiger partial charge in [0.25, 0.3) is 0 Å². The highest BCUT2D eigenvalue weighted by molar-refractivity contribution is 5.93. The summed E-state index contributed by atoms with van der Waals surface area (Å²) in [7, 11) is 0. The lowest BCUT2D eigenvalue weighted by atomic mass is 10.1. The highest BCUT2D eigenvalue weighted by atomic mass is 16.3. The lowest BCUT2D eigenvalue weighted by Crippen LogP contribution is -2.38. The van der Waals surface area contributed by atoms with E-state index in [9.17, 15) is 9.59 Å². The summed E-state index contributed by atoms with van der Waals surface area (Å²) in [6.45, 7) is 5.65. The molecule has 22 heavy (non-hydrogen) atoms. The smallest absolute Gasteiger partial charge is 0.319 e. The molecule has 1 aromatic carbocycles. The van der Waals surface area contributed by atoms with Crippen LogP contribution in [0.3, 0.4) is 0 Å². The van der Waals surface area contributed by atoms with E-state index in [-0.39, 0.29) is 30.5 Å². The second-order valence-electron chi connectivity index (χ2n) is 5.44. The first kappa shape index (κ1) is 18.0. The molecule has 0 radical (unpaired) electrons. The molecule has 0 aliphatic carbocycles. The monoisotopic (exact) mass is 307 g/mol. The molecule has 6 nitrogen and oxygen atoms in total. The van der Waals surface area contributed by atoms with E-state index in [0.717, 1.165) is 6.42 Å². The van der Waals surface area contributed by atoms with Crippen LogP contribution in [0, 0.1) is 5.92 Å². The molecule has 3 amide bonds. The van der Waals surface area contributed by atoms with Crippen LogP contribution in [-0.2, 0) is 4.79 Å². The van der Waals surface area contributed by atoms with Gasteiger partial charge in [0.2, 0.25) is 5.91 Å². The van der Waals surface area contributed by atoms with Crippen LogP contribution >= 0.6 is 0 Å². The molecule has 1 rings (SSSR count). The number of amides is 3.